The molecule has 96 valence electrons. The van der Waals surface area contributed by atoms with Gasteiger partial charge in [0.1, 0.15) is 0 Å². The second kappa shape index (κ2) is 5.73. The second-order valence-corrected chi connectivity index (χ2v) is 4.38. The number of hydrogen-bond acceptors (Lipinski definition) is 4. The van der Waals surface area contributed by atoms with Crippen LogP contribution in [0, 0.1) is 6.92 Å². The Hall–Kier alpha value is -1.75. The lowest BCUT2D eigenvalue weighted by Gasteiger charge is -2.11. The fourth-order valence-electron chi connectivity index (χ4n) is 1.66. The minimum Gasteiger partial charge on any atom is -0.304 e. The lowest BCUT2D eigenvalue weighted by atomic mass is 10.2. The molecule has 0 aromatic carbocycles. The number of aryl methyl sites for hydroxylation is 2. The van der Waals surface area contributed by atoms with Gasteiger partial charge in [-0.1, -0.05) is 0 Å². The summed E-state index contributed by atoms with van der Waals surface area (Å²) in [6.07, 6.45) is 7.57. The van der Waals surface area contributed by atoms with Gasteiger partial charge in [0.25, 0.3) is 0 Å². The standard InChI is InChI=1S/C13H19N5/c1-4-18-9-12(6-17-18)11(3)15-8-13-7-14-10(2)5-16-13/h5-7,9,11,15H,4,8H2,1-3H3. The van der Waals surface area contributed by atoms with E-state index in [4.69, 9.17) is 0 Å². The highest BCUT2D eigenvalue weighted by Gasteiger charge is 2.07. The maximum absolute atomic E-state index is 4.32. The van der Waals surface area contributed by atoms with Crippen LogP contribution in [0.5, 0.6) is 0 Å². The van der Waals surface area contributed by atoms with Gasteiger partial charge in [-0.15, -0.1) is 0 Å². The zero-order valence-electron chi connectivity index (χ0n) is 11.1. The zero-order chi connectivity index (χ0) is 13.0. The van der Waals surface area contributed by atoms with E-state index < -0.39 is 0 Å². The van der Waals surface area contributed by atoms with Crippen LogP contribution >= 0.6 is 0 Å². The van der Waals surface area contributed by atoms with E-state index in [2.05, 4.69) is 40.4 Å². The van der Waals surface area contributed by atoms with Crippen LogP contribution in [0.3, 0.4) is 0 Å². The van der Waals surface area contributed by atoms with Crippen LogP contribution in [0.15, 0.2) is 24.8 Å². The van der Waals surface area contributed by atoms with Gasteiger partial charge in [-0.2, -0.15) is 5.10 Å². The third-order valence-corrected chi connectivity index (χ3v) is 2.90. The summed E-state index contributed by atoms with van der Waals surface area (Å²) in [5, 5.41) is 7.69. The van der Waals surface area contributed by atoms with Crippen molar-refractivity contribution in [3.8, 4) is 0 Å². The lowest BCUT2D eigenvalue weighted by Crippen LogP contribution is -2.18. The number of rotatable bonds is 5. The van der Waals surface area contributed by atoms with Gasteiger partial charge in [-0.25, -0.2) is 0 Å². The SMILES string of the molecule is CCn1cc(C(C)NCc2cnc(C)cn2)cn1. The van der Waals surface area contributed by atoms with Crippen LogP contribution < -0.4 is 5.32 Å². The zero-order valence-corrected chi connectivity index (χ0v) is 11.1. The summed E-state index contributed by atoms with van der Waals surface area (Å²) in [6, 6.07) is 0.258. The molecule has 0 aliphatic carbocycles. The molecule has 0 saturated carbocycles. The summed E-state index contributed by atoms with van der Waals surface area (Å²) in [5.41, 5.74) is 3.09. The molecule has 1 N–H and O–H groups in total. The molecule has 0 radical (unpaired) electrons. The van der Waals surface area contributed by atoms with E-state index in [0.717, 1.165) is 17.9 Å². The molecule has 0 fully saturated rings. The average molecular weight is 245 g/mol. The topological polar surface area (TPSA) is 55.6 Å². The minimum absolute atomic E-state index is 0.258. The Balaban J connectivity index is 1.91. The largest absolute Gasteiger partial charge is 0.304 e. The summed E-state index contributed by atoms with van der Waals surface area (Å²) in [6.45, 7) is 7.75. The van der Waals surface area contributed by atoms with Gasteiger partial charge < -0.3 is 5.32 Å². The third kappa shape index (κ3) is 3.13. The fourth-order valence-corrected chi connectivity index (χ4v) is 1.66. The van der Waals surface area contributed by atoms with Crippen LogP contribution in [0.4, 0.5) is 0 Å². The molecule has 2 aromatic rings. The van der Waals surface area contributed by atoms with E-state index >= 15 is 0 Å². The summed E-state index contributed by atoms with van der Waals surface area (Å²) in [5.74, 6) is 0. The van der Waals surface area contributed by atoms with Crippen molar-refractivity contribution in [2.24, 2.45) is 0 Å². The number of aromatic nitrogens is 4. The summed E-state index contributed by atoms with van der Waals surface area (Å²) in [4.78, 5) is 8.55. The van der Waals surface area contributed by atoms with Crippen molar-refractivity contribution in [1.29, 1.82) is 0 Å². The molecule has 2 heterocycles. The van der Waals surface area contributed by atoms with Crippen molar-refractivity contribution < 1.29 is 0 Å². The first-order valence-corrected chi connectivity index (χ1v) is 6.22. The summed E-state index contributed by atoms with van der Waals surface area (Å²) >= 11 is 0. The van der Waals surface area contributed by atoms with E-state index in [1.807, 2.05) is 24.0 Å². The summed E-state index contributed by atoms with van der Waals surface area (Å²) < 4.78 is 1.93. The second-order valence-electron chi connectivity index (χ2n) is 4.38. The van der Waals surface area contributed by atoms with Gasteiger partial charge in [-0.3, -0.25) is 14.6 Å². The van der Waals surface area contributed by atoms with Crippen LogP contribution in [0.25, 0.3) is 0 Å². The Kier molecular flexibility index (Phi) is 4.04. The van der Waals surface area contributed by atoms with Crippen molar-refractivity contribution in [2.75, 3.05) is 0 Å². The first-order chi connectivity index (χ1) is 8.69. The minimum atomic E-state index is 0.258. The predicted octanol–water partition coefficient (Wildman–Crippen LogP) is 1.85. The molecule has 0 amide bonds. The molecule has 0 saturated heterocycles. The van der Waals surface area contributed by atoms with Crippen molar-refractivity contribution in [1.82, 2.24) is 25.1 Å². The molecule has 0 aliphatic rings. The molecule has 5 heteroatoms. The summed E-state index contributed by atoms with van der Waals surface area (Å²) in [7, 11) is 0. The molecule has 1 atom stereocenters. The number of hydrogen-bond donors (Lipinski definition) is 1. The van der Waals surface area contributed by atoms with Crippen LogP contribution in [0.1, 0.15) is 36.8 Å². The van der Waals surface area contributed by atoms with Crippen molar-refractivity contribution in [3.05, 3.63) is 41.7 Å². The first kappa shape index (κ1) is 12.7. The van der Waals surface area contributed by atoms with Crippen molar-refractivity contribution in [3.63, 3.8) is 0 Å². The van der Waals surface area contributed by atoms with Gasteiger partial charge in [0.15, 0.2) is 0 Å². The molecule has 2 aromatic heterocycles. The van der Waals surface area contributed by atoms with Crippen LogP contribution in [-0.4, -0.2) is 19.7 Å². The Morgan fingerprint density at radius 2 is 2.11 bits per heavy atom. The van der Waals surface area contributed by atoms with E-state index in [9.17, 15) is 0 Å². The fraction of sp³-hybridized carbons (Fsp3) is 0.462. The van der Waals surface area contributed by atoms with E-state index in [1.54, 1.807) is 6.20 Å². The van der Waals surface area contributed by atoms with E-state index in [0.29, 0.717) is 6.54 Å². The first-order valence-electron chi connectivity index (χ1n) is 6.22. The Morgan fingerprint density at radius 1 is 1.28 bits per heavy atom. The van der Waals surface area contributed by atoms with Gasteiger partial charge in [0.05, 0.1) is 17.6 Å². The quantitative estimate of drug-likeness (QED) is 0.873. The van der Waals surface area contributed by atoms with Gasteiger partial charge in [0, 0.05) is 43.3 Å². The molecular weight excluding hydrogens is 226 g/mol. The normalized spacial score (nSPS) is 12.6. The van der Waals surface area contributed by atoms with Gasteiger partial charge >= 0.3 is 0 Å². The van der Waals surface area contributed by atoms with Crippen molar-refractivity contribution in [2.45, 2.75) is 39.9 Å². The Morgan fingerprint density at radius 3 is 2.72 bits per heavy atom. The molecule has 0 spiro atoms. The van der Waals surface area contributed by atoms with Gasteiger partial charge in [0.2, 0.25) is 0 Å². The maximum Gasteiger partial charge on any atom is 0.0724 e. The monoisotopic (exact) mass is 245 g/mol. The average Bonchev–Trinajstić information content (AvgIpc) is 2.86. The van der Waals surface area contributed by atoms with Gasteiger partial charge in [-0.05, 0) is 20.8 Å². The third-order valence-electron chi connectivity index (χ3n) is 2.90. The van der Waals surface area contributed by atoms with Crippen molar-refractivity contribution >= 4 is 0 Å². The molecule has 1 unspecified atom stereocenters. The highest BCUT2D eigenvalue weighted by Crippen LogP contribution is 2.11. The Labute approximate surface area is 107 Å². The Bertz CT molecular complexity index is 488. The molecule has 5 nitrogen and oxygen atoms in total. The highest BCUT2D eigenvalue weighted by molar-refractivity contribution is 5.10. The predicted molar refractivity (Wildman–Crippen MR) is 69.9 cm³/mol. The van der Waals surface area contributed by atoms with E-state index in [1.165, 1.54) is 5.56 Å². The number of nitrogens with zero attached hydrogens (tertiary/aromatic N) is 4. The lowest BCUT2D eigenvalue weighted by molar-refractivity contribution is 0.564. The molecule has 2 rings (SSSR count). The van der Waals surface area contributed by atoms with Crippen LogP contribution in [0.2, 0.25) is 0 Å². The highest BCUT2D eigenvalue weighted by atomic mass is 15.3. The van der Waals surface area contributed by atoms with Crippen LogP contribution in [-0.2, 0) is 13.1 Å². The number of nitrogens with one attached hydrogen (secondary N) is 1. The molecular formula is C13H19N5. The molecule has 18 heavy (non-hydrogen) atoms. The maximum atomic E-state index is 4.32. The smallest absolute Gasteiger partial charge is 0.0724 e. The molecule has 0 aliphatic heterocycles. The molecule has 0 bridgehead atoms. The van der Waals surface area contributed by atoms with E-state index in [-0.39, 0.29) is 6.04 Å².